The van der Waals surface area contributed by atoms with Crippen LogP contribution in [0, 0.1) is 20.8 Å². The number of nitrogens with one attached hydrogen (secondary N) is 1. The molecule has 1 saturated heterocycles. The van der Waals surface area contributed by atoms with Crippen molar-refractivity contribution >= 4 is 11.6 Å². The van der Waals surface area contributed by atoms with Crippen LogP contribution >= 0.6 is 0 Å². The molecule has 1 aliphatic rings. The number of aromatic amines is 1. The molecule has 1 N–H and O–H groups in total. The average Bonchev–Trinajstić information content (AvgIpc) is 2.71. The van der Waals surface area contributed by atoms with Gasteiger partial charge < -0.3 is 9.80 Å². The van der Waals surface area contributed by atoms with Crippen molar-refractivity contribution in [3.63, 3.8) is 0 Å². The number of hydrogen-bond donors (Lipinski definition) is 1. The van der Waals surface area contributed by atoms with Crippen molar-refractivity contribution in [2.75, 3.05) is 36.0 Å². The van der Waals surface area contributed by atoms with E-state index in [1.165, 1.54) is 16.8 Å². The van der Waals surface area contributed by atoms with Crippen molar-refractivity contribution in [3.05, 3.63) is 86.8 Å². The molecule has 1 aromatic heterocycles. The van der Waals surface area contributed by atoms with Gasteiger partial charge in [0.1, 0.15) is 0 Å². The summed E-state index contributed by atoms with van der Waals surface area (Å²) < 4.78 is 0. The van der Waals surface area contributed by atoms with E-state index in [0.29, 0.717) is 12.4 Å². The first-order valence-corrected chi connectivity index (χ1v) is 10.2. The number of benzene rings is 2. The minimum Gasteiger partial charge on any atom is -0.368 e. The Morgan fingerprint density at radius 1 is 0.897 bits per heavy atom. The molecule has 0 radical (unpaired) electrons. The molecular formula is C24H28N4O. The second kappa shape index (κ2) is 8.11. The summed E-state index contributed by atoms with van der Waals surface area (Å²) in [6, 6.07) is 16.9. The van der Waals surface area contributed by atoms with Crippen molar-refractivity contribution in [1.82, 2.24) is 9.97 Å². The van der Waals surface area contributed by atoms with Crippen LogP contribution in [0.4, 0.5) is 11.6 Å². The van der Waals surface area contributed by atoms with Crippen LogP contribution in [0.2, 0.25) is 0 Å². The summed E-state index contributed by atoms with van der Waals surface area (Å²) in [5.41, 5.74) is 6.37. The third-order valence-corrected chi connectivity index (χ3v) is 5.57. The van der Waals surface area contributed by atoms with E-state index >= 15 is 0 Å². The Morgan fingerprint density at radius 3 is 2.14 bits per heavy atom. The number of para-hydroxylation sites is 1. The zero-order valence-electron chi connectivity index (χ0n) is 17.4. The molecule has 2 aromatic carbocycles. The second-order valence-corrected chi connectivity index (χ2v) is 7.94. The number of nitrogens with zero attached hydrogens (tertiary/aromatic N) is 3. The SMILES string of the molecule is Cc1cc(C)cc(Cc2c(C)nc(N3CCN(c4ccccc4)CC3)[nH]c2=O)c1. The molecular weight excluding hydrogens is 360 g/mol. The summed E-state index contributed by atoms with van der Waals surface area (Å²) in [5, 5.41) is 0. The van der Waals surface area contributed by atoms with E-state index in [1.54, 1.807) is 0 Å². The second-order valence-electron chi connectivity index (χ2n) is 7.94. The maximum absolute atomic E-state index is 12.8. The molecule has 0 spiro atoms. The highest BCUT2D eigenvalue weighted by Crippen LogP contribution is 2.19. The Bertz CT molecular complexity index is 1030. The van der Waals surface area contributed by atoms with Crippen molar-refractivity contribution in [2.45, 2.75) is 27.2 Å². The first-order chi connectivity index (χ1) is 14.0. The summed E-state index contributed by atoms with van der Waals surface area (Å²) in [6.45, 7) is 9.63. The van der Waals surface area contributed by atoms with E-state index < -0.39 is 0 Å². The first kappa shape index (κ1) is 19.2. The van der Waals surface area contributed by atoms with Crippen molar-refractivity contribution < 1.29 is 0 Å². The Labute approximate surface area is 172 Å². The Morgan fingerprint density at radius 2 is 1.52 bits per heavy atom. The van der Waals surface area contributed by atoms with Gasteiger partial charge in [-0.25, -0.2) is 4.98 Å². The fourth-order valence-electron chi connectivity index (χ4n) is 4.14. The predicted molar refractivity (Wildman–Crippen MR) is 119 cm³/mol. The molecule has 0 amide bonds. The maximum atomic E-state index is 12.8. The zero-order valence-corrected chi connectivity index (χ0v) is 17.4. The van der Waals surface area contributed by atoms with Crippen LogP contribution < -0.4 is 15.4 Å². The van der Waals surface area contributed by atoms with Crippen LogP contribution in [-0.4, -0.2) is 36.1 Å². The van der Waals surface area contributed by atoms with Gasteiger partial charge in [0.25, 0.3) is 5.56 Å². The van der Waals surface area contributed by atoms with Gasteiger partial charge in [-0.05, 0) is 38.5 Å². The summed E-state index contributed by atoms with van der Waals surface area (Å²) in [6.07, 6.45) is 0.610. The van der Waals surface area contributed by atoms with Crippen LogP contribution in [0.3, 0.4) is 0 Å². The molecule has 5 heteroatoms. The normalized spacial score (nSPS) is 14.3. The topological polar surface area (TPSA) is 52.2 Å². The Hall–Kier alpha value is -3.08. The van der Waals surface area contributed by atoms with Gasteiger partial charge in [0.2, 0.25) is 5.95 Å². The van der Waals surface area contributed by atoms with Gasteiger partial charge in [-0.15, -0.1) is 0 Å². The van der Waals surface area contributed by atoms with Crippen LogP contribution in [-0.2, 0) is 6.42 Å². The minimum absolute atomic E-state index is 0.0304. The molecule has 0 saturated carbocycles. The van der Waals surface area contributed by atoms with E-state index in [4.69, 9.17) is 4.98 Å². The number of H-pyrrole nitrogens is 1. The van der Waals surface area contributed by atoms with Gasteiger partial charge in [0, 0.05) is 43.9 Å². The molecule has 1 fully saturated rings. The van der Waals surface area contributed by atoms with Crippen LogP contribution in [0.5, 0.6) is 0 Å². The molecule has 2 heterocycles. The van der Waals surface area contributed by atoms with Gasteiger partial charge in [-0.2, -0.15) is 0 Å². The summed E-state index contributed by atoms with van der Waals surface area (Å²) in [7, 11) is 0. The number of anilines is 2. The third-order valence-electron chi connectivity index (χ3n) is 5.57. The summed E-state index contributed by atoms with van der Waals surface area (Å²) >= 11 is 0. The van der Waals surface area contributed by atoms with Gasteiger partial charge in [-0.1, -0.05) is 47.5 Å². The maximum Gasteiger partial charge on any atom is 0.256 e. The highest BCUT2D eigenvalue weighted by atomic mass is 16.1. The van der Waals surface area contributed by atoms with E-state index in [1.807, 2.05) is 13.0 Å². The number of hydrogen-bond acceptors (Lipinski definition) is 4. The standard InChI is InChI=1S/C24H28N4O/c1-17-13-18(2)15-20(14-17)16-22-19(3)25-24(26-23(22)29)28-11-9-27(10-12-28)21-7-5-4-6-8-21/h4-8,13-15H,9-12,16H2,1-3H3,(H,25,26,29). The molecule has 0 aliphatic carbocycles. The quantitative estimate of drug-likeness (QED) is 0.742. The highest BCUT2D eigenvalue weighted by molar-refractivity contribution is 5.48. The molecule has 3 aromatic rings. The summed E-state index contributed by atoms with van der Waals surface area (Å²) in [4.78, 5) is 25.2. The molecule has 0 unspecified atom stereocenters. The predicted octanol–water partition coefficient (Wildman–Crippen LogP) is 3.61. The van der Waals surface area contributed by atoms with Crippen molar-refractivity contribution in [3.8, 4) is 0 Å². The lowest BCUT2D eigenvalue weighted by Crippen LogP contribution is -2.47. The largest absolute Gasteiger partial charge is 0.368 e. The fraction of sp³-hybridized carbons (Fsp3) is 0.333. The van der Waals surface area contributed by atoms with Crippen molar-refractivity contribution in [2.24, 2.45) is 0 Å². The lowest BCUT2D eigenvalue weighted by Gasteiger charge is -2.36. The lowest BCUT2D eigenvalue weighted by atomic mass is 10.0. The molecule has 4 rings (SSSR count). The number of aryl methyl sites for hydroxylation is 3. The molecule has 5 nitrogen and oxygen atoms in total. The monoisotopic (exact) mass is 388 g/mol. The van der Waals surface area contributed by atoms with E-state index in [2.05, 4.69) is 71.1 Å². The molecule has 29 heavy (non-hydrogen) atoms. The molecule has 0 bridgehead atoms. The van der Waals surface area contributed by atoms with Gasteiger partial charge in [0.15, 0.2) is 0 Å². The van der Waals surface area contributed by atoms with E-state index in [9.17, 15) is 4.79 Å². The van der Waals surface area contributed by atoms with Crippen LogP contribution in [0.15, 0.2) is 53.3 Å². The van der Waals surface area contributed by atoms with Gasteiger partial charge in [0.05, 0.1) is 5.69 Å². The molecule has 0 atom stereocenters. The van der Waals surface area contributed by atoms with Crippen LogP contribution in [0.25, 0.3) is 0 Å². The molecule has 1 aliphatic heterocycles. The van der Waals surface area contributed by atoms with Crippen molar-refractivity contribution in [1.29, 1.82) is 0 Å². The smallest absolute Gasteiger partial charge is 0.256 e. The number of aromatic nitrogens is 2. The zero-order chi connectivity index (χ0) is 20.4. The van der Waals surface area contributed by atoms with Gasteiger partial charge in [-0.3, -0.25) is 9.78 Å². The molecule has 150 valence electrons. The number of rotatable bonds is 4. The first-order valence-electron chi connectivity index (χ1n) is 10.2. The minimum atomic E-state index is -0.0304. The Kier molecular flexibility index (Phi) is 5.38. The lowest BCUT2D eigenvalue weighted by molar-refractivity contribution is 0.637. The van der Waals surface area contributed by atoms with Crippen LogP contribution in [0.1, 0.15) is 27.9 Å². The highest BCUT2D eigenvalue weighted by Gasteiger charge is 2.20. The third kappa shape index (κ3) is 4.34. The Balaban J connectivity index is 1.49. The van der Waals surface area contributed by atoms with E-state index in [0.717, 1.165) is 43.0 Å². The number of piperazine rings is 1. The fourth-order valence-corrected chi connectivity index (χ4v) is 4.14. The average molecular weight is 389 g/mol. The van der Waals surface area contributed by atoms with E-state index in [-0.39, 0.29) is 5.56 Å². The summed E-state index contributed by atoms with van der Waals surface area (Å²) in [5.74, 6) is 0.685. The van der Waals surface area contributed by atoms with Gasteiger partial charge >= 0.3 is 0 Å².